The van der Waals surface area contributed by atoms with E-state index in [9.17, 15) is 9.90 Å². The summed E-state index contributed by atoms with van der Waals surface area (Å²) < 4.78 is 7.20. The average molecular weight is 301 g/mol. The molecule has 4 heteroatoms. The van der Waals surface area contributed by atoms with Crippen molar-refractivity contribution in [2.75, 3.05) is 7.11 Å². The number of aliphatic hydroxyl groups excluding tert-OH is 1. The van der Waals surface area contributed by atoms with E-state index in [0.717, 1.165) is 48.8 Å². The number of methoxy groups -OCH3 is 1. The van der Waals surface area contributed by atoms with Gasteiger partial charge in [0.1, 0.15) is 0 Å². The molecule has 1 aliphatic rings. The molecule has 1 aliphatic carbocycles. The molecule has 1 heterocycles. The van der Waals surface area contributed by atoms with Crippen LogP contribution in [0, 0.1) is 12.8 Å². The molecule has 0 aliphatic heterocycles. The van der Waals surface area contributed by atoms with E-state index < -0.39 is 0 Å². The van der Waals surface area contributed by atoms with Crippen LogP contribution in [-0.4, -0.2) is 28.9 Å². The summed E-state index contributed by atoms with van der Waals surface area (Å²) in [5.74, 6) is 0.287. The molecule has 118 valence electrons. The highest BCUT2D eigenvalue weighted by Gasteiger charge is 2.24. The number of para-hydroxylation sites is 1. The number of hydrogen-bond acceptors (Lipinski definition) is 3. The van der Waals surface area contributed by atoms with Gasteiger partial charge in [-0.2, -0.15) is 0 Å². The number of ether oxygens (including phenoxy) is 1. The number of nitrogens with zero attached hydrogens (tertiary/aromatic N) is 1. The van der Waals surface area contributed by atoms with Crippen molar-refractivity contribution < 1.29 is 14.6 Å². The van der Waals surface area contributed by atoms with Crippen LogP contribution in [0.5, 0.6) is 0 Å². The molecule has 1 saturated carbocycles. The molecule has 0 amide bonds. The second-order valence-electron chi connectivity index (χ2n) is 6.25. The zero-order valence-corrected chi connectivity index (χ0v) is 13.2. The lowest BCUT2D eigenvalue weighted by atomic mass is 9.87. The Kier molecular flexibility index (Phi) is 4.21. The Balaban J connectivity index is 1.98. The van der Waals surface area contributed by atoms with Gasteiger partial charge in [-0.25, -0.2) is 4.79 Å². The summed E-state index contributed by atoms with van der Waals surface area (Å²) in [5.41, 5.74) is 2.74. The monoisotopic (exact) mass is 301 g/mol. The maximum Gasteiger partial charge on any atom is 0.340 e. The van der Waals surface area contributed by atoms with Gasteiger partial charge in [0.15, 0.2) is 0 Å². The van der Waals surface area contributed by atoms with Gasteiger partial charge in [-0.15, -0.1) is 0 Å². The smallest absolute Gasteiger partial charge is 0.340 e. The fourth-order valence-electron chi connectivity index (χ4n) is 3.61. The van der Waals surface area contributed by atoms with E-state index in [-0.39, 0.29) is 12.1 Å². The normalized spacial score (nSPS) is 22.0. The average Bonchev–Trinajstić information content (AvgIpc) is 2.81. The van der Waals surface area contributed by atoms with Gasteiger partial charge in [0, 0.05) is 23.1 Å². The first kappa shape index (κ1) is 15.1. The maximum atomic E-state index is 12.1. The molecule has 2 aromatic rings. The lowest BCUT2D eigenvalue weighted by Crippen LogP contribution is -2.22. The standard InChI is InChI=1S/C18H23NO3/c1-12-17(18(21)22-2)15-5-3-4-6-16(15)19(12)11-13-7-9-14(20)10-8-13/h3-6,13-14,20H,7-11H2,1-2H3. The predicted octanol–water partition coefficient (Wildman–Crippen LogP) is 3.29. The van der Waals surface area contributed by atoms with Crippen molar-refractivity contribution in [3.8, 4) is 0 Å². The van der Waals surface area contributed by atoms with Crippen LogP contribution in [0.15, 0.2) is 24.3 Å². The lowest BCUT2D eigenvalue weighted by Gasteiger charge is -2.26. The molecule has 1 aromatic heterocycles. The first-order valence-electron chi connectivity index (χ1n) is 7.96. The number of hydrogen-bond donors (Lipinski definition) is 1. The van der Waals surface area contributed by atoms with Crippen LogP contribution in [0.25, 0.3) is 10.9 Å². The molecule has 0 spiro atoms. The summed E-state index contributed by atoms with van der Waals surface area (Å²) in [5, 5.41) is 10.6. The Bertz CT molecular complexity index is 681. The molecule has 0 atom stereocenters. The second-order valence-corrected chi connectivity index (χ2v) is 6.25. The highest BCUT2D eigenvalue weighted by atomic mass is 16.5. The number of fused-ring (bicyclic) bond motifs is 1. The Morgan fingerprint density at radius 1 is 1.27 bits per heavy atom. The topological polar surface area (TPSA) is 51.5 Å². The van der Waals surface area contributed by atoms with Crippen LogP contribution in [0.1, 0.15) is 41.7 Å². The summed E-state index contributed by atoms with van der Waals surface area (Å²) >= 11 is 0. The molecule has 4 nitrogen and oxygen atoms in total. The SMILES string of the molecule is COC(=O)c1c(C)n(CC2CCC(O)CC2)c2ccccc12. The van der Waals surface area contributed by atoms with Gasteiger partial charge in [0.25, 0.3) is 0 Å². The highest BCUT2D eigenvalue weighted by molar-refractivity contribution is 6.05. The third-order valence-corrected chi connectivity index (χ3v) is 4.88. The summed E-state index contributed by atoms with van der Waals surface area (Å²) in [6.07, 6.45) is 3.71. The van der Waals surface area contributed by atoms with Crippen molar-refractivity contribution in [3.63, 3.8) is 0 Å². The molecule has 1 fully saturated rings. The zero-order chi connectivity index (χ0) is 15.7. The fourth-order valence-corrected chi connectivity index (χ4v) is 3.61. The molecule has 0 bridgehead atoms. The zero-order valence-electron chi connectivity index (χ0n) is 13.2. The van der Waals surface area contributed by atoms with E-state index in [1.807, 2.05) is 25.1 Å². The molecule has 22 heavy (non-hydrogen) atoms. The summed E-state index contributed by atoms with van der Waals surface area (Å²) in [7, 11) is 1.43. The Hall–Kier alpha value is -1.81. The summed E-state index contributed by atoms with van der Waals surface area (Å²) in [6, 6.07) is 8.00. The third-order valence-electron chi connectivity index (χ3n) is 4.88. The fraction of sp³-hybridized carbons (Fsp3) is 0.500. The van der Waals surface area contributed by atoms with E-state index in [1.165, 1.54) is 7.11 Å². The quantitative estimate of drug-likeness (QED) is 0.885. The minimum Gasteiger partial charge on any atom is -0.465 e. The van der Waals surface area contributed by atoms with Gasteiger partial charge < -0.3 is 14.4 Å². The van der Waals surface area contributed by atoms with E-state index in [0.29, 0.717) is 11.5 Å². The van der Waals surface area contributed by atoms with Crippen molar-refractivity contribution in [2.45, 2.75) is 45.3 Å². The number of aliphatic hydroxyl groups is 1. The number of carbonyl (C=O) groups is 1. The van der Waals surface area contributed by atoms with Gasteiger partial charge in [-0.05, 0) is 44.6 Å². The van der Waals surface area contributed by atoms with Crippen molar-refractivity contribution in [3.05, 3.63) is 35.5 Å². The van der Waals surface area contributed by atoms with E-state index in [4.69, 9.17) is 4.74 Å². The number of esters is 1. The van der Waals surface area contributed by atoms with Crippen molar-refractivity contribution in [1.29, 1.82) is 0 Å². The van der Waals surface area contributed by atoms with E-state index >= 15 is 0 Å². The first-order valence-corrected chi connectivity index (χ1v) is 7.96. The van der Waals surface area contributed by atoms with Gasteiger partial charge in [0.2, 0.25) is 0 Å². The first-order chi connectivity index (χ1) is 10.6. The van der Waals surface area contributed by atoms with Crippen molar-refractivity contribution in [2.24, 2.45) is 5.92 Å². The van der Waals surface area contributed by atoms with Crippen LogP contribution < -0.4 is 0 Å². The van der Waals surface area contributed by atoms with Gasteiger partial charge >= 0.3 is 5.97 Å². The largest absolute Gasteiger partial charge is 0.465 e. The minimum atomic E-state index is -0.272. The van der Waals surface area contributed by atoms with Crippen LogP contribution >= 0.6 is 0 Å². The molecule has 1 aromatic carbocycles. The van der Waals surface area contributed by atoms with Gasteiger partial charge in [-0.3, -0.25) is 0 Å². The Morgan fingerprint density at radius 2 is 1.95 bits per heavy atom. The molecular weight excluding hydrogens is 278 g/mol. The van der Waals surface area contributed by atoms with E-state index in [1.54, 1.807) is 0 Å². The van der Waals surface area contributed by atoms with Gasteiger partial charge in [0.05, 0.1) is 18.8 Å². The number of aromatic nitrogens is 1. The van der Waals surface area contributed by atoms with Crippen LogP contribution in [0.4, 0.5) is 0 Å². The summed E-state index contributed by atoms with van der Waals surface area (Å²) in [6.45, 7) is 2.89. The Labute approximate surface area is 130 Å². The number of carbonyl (C=O) groups excluding carboxylic acids is 1. The van der Waals surface area contributed by atoms with Crippen LogP contribution in [0.2, 0.25) is 0 Å². The number of rotatable bonds is 3. The molecular formula is C18H23NO3. The minimum absolute atomic E-state index is 0.135. The second kappa shape index (κ2) is 6.13. The summed E-state index contributed by atoms with van der Waals surface area (Å²) in [4.78, 5) is 12.1. The van der Waals surface area contributed by atoms with Crippen LogP contribution in [-0.2, 0) is 11.3 Å². The van der Waals surface area contributed by atoms with Crippen LogP contribution in [0.3, 0.4) is 0 Å². The maximum absolute atomic E-state index is 12.1. The lowest BCUT2D eigenvalue weighted by molar-refractivity contribution is 0.0601. The molecule has 3 rings (SSSR count). The van der Waals surface area contributed by atoms with Crippen molar-refractivity contribution >= 4 is 16.9 Å². The van der Waals surface area contributed by atoms with Crippen molar-refractivity contribution in [1.82, 2.24) is 4.57 Å². The molecule has 0 saturated heterocycles. The number of benzene rings is 1. The molecule has 0 unspecified atom stereocenters. The third kappa shape index (κ3) is 2.63. The Morgan fingerprint density at radius 3 is 2.64 bits per heavy atom. The molecule has 0 radical (unpaired) electrons. The molecule has 1 N–H and O–H groups in total. The van der Waals surface area contributed by atoms with E-state index in [2.05, 4.69) is 10.6 Å². The van der Waals surface area contributed by atoms with Gasteiger partial charge in [-0.1, -0.05) is 18.2 Å². The predicted molar refractivity (Wildman–Crippen MR) is 86.0 cm³/mol. The highest BCUT2D eigenvalue weighted by Crippen LogP contribution is 2.31.